The molecule has 2 nitrogen and oxygen atoms in total. The number of allylic oxidation sites excluding steroid dienone is 6. The van der Waals surface area contributed by atoms with Gasteiger partial charge in [0.1, 0.15) is 0 Å². The summed E-state index contributed by atoms with van der Waals surface area (Å²) in [5.74, 6) is 0.387. The third kappa shape index (κ3) is 1.02. The van der Waals surface area contributed by atoms with Crippen LogP contribution < -0.4 is 0 Å². The predicted octanol–water partition coefficient (Wildman–Crippen LogP) is 2.08. The molecule has 3 rings (SSSR count). The van der Waals surface area contributed by atoms with E-state index in [1.54, 1.807) is 0 Å². The maximum Gasteiger partial charge on any atom is 0.160 e. The molecule has 3 aliphatic carbocycles. The normalized spacial score (nSPS) is 39.5. The van der Waals surface area contributed by atoms with E-state index in [0.717, 1.165) is 0 Å². The zero-order valence-electron chi connectivity index (χ0n) is 9.44. The van der Waals surface area contributed by atoms with Gasteiger partial charge in [-0.1, -0.05) is 23.3 Å². The fourth-order valence-corrected chi connectivity index (χ4v) is 3.50. The highest BCUT2D eigenvalue weighted by Gasteiger charge is 2.54. The van der Waals surface area contributed by atoms with E-state index in [-0.39, 0.29) is 35.2 Å². The Balaban J connectivity index is 2.15. The largest absolute Gasteiger partial charge is 0.294 e. The van der Waals surface area contributed by atoms with Crippen molar-refractivity contribution in [3.8, 4) is 0 Å². The van der Waals surface area contributed by atoms with Crippen LogP contribution in [0.2, 0.25) is 0 Å². The van der Waals surface area contributed by atoms with Crippen LogP contribution >= 0.6 is 0 Å². The highest BCUT2D eigenvalue weighted by molar-refractivity contribution is 6.09. The van der Waals surface area contributed by atoms with Gasteiger partial charge in [-0.25, -0.2) is 0 Å². The van der Waals surface area contributed by atoms with Crippen molar-refractivity contribution in [1.29, 1.82) is 0 Å². The van der Waals surface area contributed by atoms with Gasteiger partial charge in [0.05, 0.1) is 0 Å². The topological polar surface area (TPSA) is 34.1 Å². The Labute approximate surface area is 94.7 Å². The third-order valence-electron chi connectivity index (χ3n) is 4.05. The van der Waals surface area contributed by atoms with Crippen molar-refractivity contribution in [2.24, 2.45) is 23.7 Å². The molecule has 3 aliphatic rings. The van der Waals surface area contributed by atoms with Crippen LogP contribution in [0.25, 0.3) is 0 Å². The Morgan fingerprint density at radius 3 is 1.75 bits per heavy atom. The molecule has 0 amide bonds. The number of rotatable bonds is 0. The minimum Gasteiger partial charge on any atom is -0.294 e. The van der Waals surface area contributed by atoms with Crippen LogP contribution in [0.5, 0.6) is 0 Å². The molecule has 0 heterocycles. The van der Waals surface area contributed by atoms with E-state index in [1.165, 1.54) is 23.3 Å². The molecule has 0 aromatic rings. The molecule has 1 fully saturated rings. The molecular weight excluding hydrogens is 200 g/mol. The van der Waals surface area contributed by atoms with Gasteiger partial charge in [-0.2, -0.15) is 0 Å². The Bertz CT molecular complexity index is 439. The lowest BCUT2D eigenvalue weighted by Gasteiger charge is -2.25. The van der Waals surface area contributed by atoms with E-state index in [1.807, 2.05) is 0 Å². The van der Waals surface area contributed by atoms with Crippen LogP contribution in [0.15, 0.2) is 35.5 Å². The first kappa shape index (κ1) is 9.76. The summed E-state index contributed by atoms with van der Waals surface area (Å²) in [6, 6.07) is 0. The number of carbonyl (C=O) groups is 2. The first-order chi connectivity index (χ1) is 7.61. The van der Waals surface area contributed by atoms with Gasteiger partial charge in [0.25, 0.3) is 0 Å². The van der Waals surface area contributed by atoms with Crippen molar-refractivity contribution in [1.82, 2.24) is 0 Å². The summed E-state index contributed by atoms with van der Waals surface area (Å²) in [5, 5.41) is 0. The smallest absolute Gasteiger partial charge is 0.160 e. The lowest BCUT2D eigenvalue weighted by atomic mass is 9.75. The summed E-state index contributed by atoms with van der Waals surface area (Å²) in [6.45, 7) is 4.14. The van der Waals surface area contributed by atoms with Crippen molar-refractivity contribution in [3.63, 3.8) is 0 Å². The van der Waals surface area contributed by atoms with Gasteiger partial charge in [-0.05, 0) is 26.0 Å². The van der Waals surface area contributed by atoms with Crippen LogP contribution in [0.1, 0.15) is 13.8 Å². The minimum absolute atomic E-state index is 0.114. The summed E-state index contributed by atoms with van der Waals surface area (Å²) in [5.41, 5.74) is 2.57. The summed E-state index contributed by atoms with van der Waals surface area (Å²) in [4.78, 5) is 23.8. The van der Waals surface area contributed by atoms with Crippen molar-refractivity contribution in [2.75, 3.05) is 0 Å². The fourth-order valence-electron chi connectivity index (χ4n) is 3.50. The molecule has 16 heavy (non-hydrogen) atoms. The molecule has 0 spiro atoms. The lowest BCUT2D eigenvalue weighted by molar-refractivity contribution is -0.129. The molecule has 4 unspecified atom stereocenters. The van der Waals surface area contributed by atoms with Crippen LogP contribution in [0.3, 0.4) is 0 Å². The molecule has 4 atom stereocenters. The van der Waals surface area contributed by atoms with Crippen molar-refractivity contribution >= 4 is 11.6 Å². The maximum absolute atomic E-state index is 11.9. The third-order valence-corrected chi connectivity index (χ3v) is 4.05. The molecule has 1 saturated carbocycles. The van der Waals surface area contributed by atoms with E-state index < -0.39 is 0 Å². The van der Waals surface area contributed by atoms with E-state index >= 15 is 0 Å². The first-order valence-corrected chi connectivity index (χ1v) is 5.72. The van der Waals surface area contributed by atoms with Gasteiger partial charge >= 0.3 is 0 Å². The zero-order valence-corrected chi connectivity index (χ0v) is 9.44. The number of ketones is 2. The van der Waals surface area contributed by atoms with Crippen LogP contribution in [-0.4, -0.2) is 11.6 Å². The number of hydrogen-bond donors (Lipinski definition) is 0. The average molecular weight is 214 g/mol. The minimum atomic E-state index is -0.114. The zero-order chi connectivity index (χ0) is 11.4. The molecule has 0 N–H and O–H groups in total. The summed E-state index contributed by atoms with van der Waals surface area (Å²) in [6.07, 6.45) is 7.14. The molecule has 0 aliphatic heterocycles. The second kappa shape index (κ2) is 3.03. The fraction of sp³-hybridized carbons (Fsp3) is 0.429. The van der Waals surface area contributed by atoms with Crippen LogP contribution in [0.4, 0.5) is 0 Å². The molecule has 0 aromatic heterocycles. The second-order valence-corrected chi connectivity index (χ2v) is 5.08. The molecule has 2 bridgehead atoms. The van der Waals surface area contributed by atoms with Crippen molar-refractivity contribution in [3.05, 3.63) is 35.5 Å². The van der Waals surface area contributed by atoms with E-state index in [4.69, 9.17) is 0 Å². The van der Waals surface area contributed by atoms with Crippen molar-refractivity contribution < 1.29 is 9.59 Å². The summed E-state index contributed by atoms with van der Waals surface area (Å²) in [7, 11) is 0. The Kier molecular flexibility index (Phi) is 1.85. The van der Waals surface area contributed by atoms with E-state index in [9.17, 15) is 9.59 Å². The predicted molar refractivity (Wildman–Crippen MR) is 60.6 cm³/mol. The average Bonchev–Trinajstić information content (AvgIpc) is 2.79. The van der Waals surface area contributed by atoms with Crippen LogP contribution in [-0.2, 0) is 9.59 Å². The van der Waals surface area contributed by atoms with Gasteiger partial charge in [0, 0.05) is 23.7 Å². The molecule has 0 saturated heterocycles. The Morgan fingerprint density at radius 2 is 1.38 bits per heavy atom. The van der Waals surface area contributed by atoms with Crippen molar-refractivity contribution in [2.45, 2.75) is 13.8 Å². The second-order valence-electron chi connectivity index (χ2n) is 5.08. The number of carbonyl (C=O) groups excluding carboxylic acids is 2. The maximum atomic E-state index is 11.9. The molecular formula is C14H14O2. The Morgan fingerprint density at radius 1 is 0.938 bits per heavy atom. The molecule has 0 aromatic carbocycles. The standard InChI is InChI=1S/C14H14O2/c1-7(2)12-8-3-4-9(12)14-11(16)6-5-10(15)13(8)14/h3-6,8-9,13-14H,1-2H3. The Hall–Kier alpha value is -1.44. The SMILES string of the molecule is CC(C)=C1C2C=CC1C1C(=O)C=CC(=O)C21. The lowest BCUT2D eigenvalue weighted by Crippen LogP contribution is -2.34. The van der Waals surface area contributed by atoms with Gasteiger partial charge in [0.2, 0.25) is 0 Å². The monoisotopic (exact) mass is 214 g/mol. The number of hydrogen-bond acceptors (Lipinski definition) is 2. The van der Waals surface area contributed by atoms with Gasteiger partial charge < -0.3 is 0 Å². The van der Waals surface area contributed by atoms with E-state index in [2.05, 4.69) is 26.0 Å². The van der Waals surface area contributed by atoms with E-state index in [0.29, 0.717) is 0 Å². The first-order valence-electron chi connectivity index (χ1n) is 5.72. The molecule has 0 radical (unpaired) electrons. The highest BCUT2D eigenvalue weighted by Crippen LogP contribution is 2.54. The molecule has 2 heteroatoms. The van der Waals surface area contributed by atoms with Gasteiger partial charge in [-0.3, -0.25) is 9.59 Å². The summed E-state index contributed by atoms with van der Waals surface area (Å²) >= 11 is 0. The van der Waals surface area contributed by atoms with Gasteiger partial charge in [-0.15, -0.1) is 0 Å². The summed E-state index contributed by atoms with van der Waals surface area (Å²) < 4.78 is 0. The number of fused-ring (bicyclic) bond motifs is 5. The van der Waals surface area contributed by atoms with Crippen LogP contribution in [0, 0.1) is 23.7 Å². The highest BCUT2D eigenvalue weighted by atomic mass is 16.1. The quantitative estimate of drug-likeness (QED) is 0.578. The molecule has 82 valence electrons. The van der Waals surface area contributed by atoms with Gasteiger partial charge in [0.15, 0.2) is 11.6 Å².